The molecular formula is C20H35N3O2. The normalized spacial score (nSPS) is 12.3. The van der Waals surface area contributed by atoms with E-state index in [2.05, 4.69) is 60.7 Å². The zero-order valence-corrected chi connectivity index (χ0v) is 16.5. The van der Waals surface area contributed by atoms with E-state index in [0.29, 0.717) is 6.61 Å². The lowest BCUT2D eigenvalue weighted by molar-refractivity contribution is -0.0149. The van der Waals surface area contributed by atoms with Crippen molar-refractivity contribution in [2.75, 3.05) is 26.8 Å². The van der Waals surface area contributed by atoms with E-state index < -0.39 is 0 Å². The molecule has 0 spiro atoms. The van der Waals surface area contributed by atoms with Crippen LogP contribution in [0.5, 0.6) is 0 Å². The van der Waals surface area contributed by atoms with E-state index in [0.717, 1.165) is 45.1 Å². The molecule has 0 aliphatic rings. The fourth-order valence-electron chi connectivity index (χ4n) is 2.22. The van der Waals surface area contributed by atoms with Crippen molar-refractivity contribution in [3.63, 3.8) is 0 Å². The minimum atomic E-state index is -0.123. The first-order chi connectivity index (χ1) is 11.9. The molecular weight excluding hydrogens is 314 g/mol. The maximum atomic E-state index is 5.84. The Morgan fingerprint density at radius 2 is 1.88 bits per heavy atom. The van der Waals surface area contributed by atoms with Crippen molar-refractivity contribution < 1.29 is 9.47 Å². The van der Waals surface area contributed by atoms with Crippen molar-refractivity contribution in [1.82, 2.24) is 10.6 Å². The van der Waals surface area contributed by atoms with Crippen LogP contribution in [0.3, 0.4) is 0 Å². The fourth-order valence-corrected chi connectivity index (χ4v) is 2.22. The molecule has 0 aromatic heterocycles. The molecule has 0 heterocycles. The molecule has 0 fully saturated rings. The predicted octanol–water partition coefficient (Wildman–Crippen LogP) is 3.48. The number of guanidine groups is 1. The lowest BCUT2D eigenvalue weighted by Crippen LogP contribution is -2.37. The van der Waals surface area contributed by atoms with Crippen molar-refractivity contribution in [2.45, 2.75) is 59.3 Å². The van der Waals surface area contributed by atoms with Gasteiger partial charge in [0.05, 0.1) is 12.2 Å². The lowest BCUT2D eigenvalue weighted by atomic mass is 10.1. The van der Waals surface area contributed by atoms with Gasteiger partial charge in [0.25, 0.3) is 0 Å². The summed E-state index contributed by atoms with van der Waals surface area (Å²) in [7, 11) is 1.79. The van der Waals surface area contributed by atoms with Crippen LogP contribution in [0.1, 0.15) is 51.7 Å². The van der Waals surface area contributed by atoms with E-state index in [-0.39, 0.29) is 5.60 Å². The minimum absolute atomic E-state index is 0.123. The molecule has 5 nitrogen and oxygen atoms in total. The first-order valence-electron chi connectivity index (χ1n) is 9.18. The summed E-state index contributed by atoms with van der Waals surface area (Å²) in [4.78, 5) is 4.27. The summed E-state index contributed by atoms with van der Waals surface area (Å²) < 4.78 is 11.2. The van der Waals surface area contributed by atoms with Gasteiger partial charge in [-0.1, -0.05) is 24.3 Å². The van der Waals surface area contributed by atoms with Crippen LogP contribution in [-0.4, -0.2) is 38.4 Å². The number of unbranched alkanes of at least 4 members (excludes halogenated alkanes) is 1. The van der Waals surface area contributed by atoms with Crippen LogP contribution >= 0.6 is 0 Å². The van der Waals surface area contributed by atoms with Crippen molar-refractivity contribution >= 4 is 5.96 Å². The summed E-state index contributed by atoms with van der Waals surface area (Å²) in [5.74, 6) is 0.827. The number of ether oxygens (including phenoxy) is 2. The summed E-state index contributed by atoms with van der Waals surface area (Å²) in [6, 6.07) is 8.46. The third kappa shape index (κ3) is 10.8. The number of nitrogens with zero attached hydrogens (tertiary/aromatic N) is 1. The van der Waals surface area contributed by atoms with Gasteiger partial charge in [-0.25, -0.2) is 0 Å². The Bertz CT molecular complexity index is 510. The molecule has 142 valence electrons. The molecule has 1 aromatic carbocycles. The number of nitrogens with one attached hydrogen (secondary N) is 2. The lowest BCUT2D eigenvalue weighted by Gasteiger charge is -2.19. The van der Waals surface area contributed by atoms with Gasteiger partial charge < -0.3 is 20.1 Å². The van der Waals surface area contributed by atoms with E-state index in [1.807, 2.05) is 6.92 Å². The van der Waals surface area contributed by atoms with Gasteiger partial charge in [0.1, 0.15) is 0 Å². The number of rotatable bonds is 10. The van der Waals surface area contributed by atoms with Crippen molar-refractivity contribution in [3.05, 3.63) is 35.4 Å². The minimum Gasteiger partial charge on any atom is -0.382 e. The summed E-state index contributed by atoms with van der Waals surface area (Å²) >= 11 is 0. The van der Waals surface area contributed by atoms with Crippen LogP contribution in [0.15, 0.2) is 29.3 Å². The summed E-state index contributed by atoms with van der Waals surface area (Å²) in [6.07, 6.45) is 2.13. The first-order valence-corrected chi connectivity index (χ1v) is 9.18. The van der Waals surface area contributed by atoms with E-state index in [1.54, 1.807) is 7.05 Å². The van der Waals surface area contributed by atoms with Crippen LogP contribution < -0.4 is 10.6 Å². The number of hydrogen-bond donors (Lipinski definition) is 2. The molecule has 0 unspecified atom stereocenters. The van der Waals surface area contributed by atoms with Crippen LogP contribution in [0.2, 0.25) is 0 Å². The maximum Gasteiger partial charge on any atom is 0.191 e. The average molecular weight is 350 g/mol. The largest absolute Gasteiger partial charge is 0.382 e. The van der Waals surface area contributed by atoms with Crippen LogP contribution in [0.25, 0.3) is 0 Å². The molecule has 0 bridgehead atoms. The molecule has 0 saturated heterocycles. The average Bonchev–Trinajstić information content (AvgIpc) is 2.58. The summed E-state index contributed by atoms with van der Waals surface area (Å²) in [5, 5.41) is 6.69. The van der Waals surface area contributed by atoms with Gasteiger partial charge in [0, 0.05) is 33.4 Å². The summed E-state index contributed by atoms with van der Waals surface area (Å²) in [5.41, 5.74) is 2.28. The Balaban J connectivity index is 2.35. The number of hydrogen-bond acceptors (Lipinski definition) is 3. The van der Waals surface area contributed by atoms with Gasteiger partial charge in [-0.3, -0.25) is 4.99 Å². The standard InChI is InChI=1S/C20H35N3O2/c1-6-24-13-8-7-12-22-19(21-5)23-15-17-10-9-11-18(14-17)16-25-20(2,3)4/h9-11,14H,6-8,12-13,15-16H2,1-5H3,(H2,21,22,23). The molecule has 2 N–H and O–H groups in total. The highest BCUT2D eigenvalue weighted by molar-refractivity contribution is 5.79. The topological polar surface area (TPSA) is 54.9 Å². The summed E-state index contributed by atoms with van der Waals surface area (Å²) in [6.45, 7) is 12.1. The van der Waals surface area contributed by atoms with E-state index in [4.69, 9.17) is 9.47 Å². The molecule has 0 amide bonds. The molecule has 0 aliphatic heterocycles. The van der Waals surface area contributed by atoms with E-state index in [9.17, 15) is 0 Å². The van der Waals surface area contributed by atoms with E-state index in [1.165, 1.54) is 11.1 Å². The molecule has 0 radical (unpaired) electrons. The molecule has 0 atom stereocenters. The van der Waals surface area contributed by atoms with Gasteiger partial charge in [-0.05, 0) is 51.7 Å². The molecule has 1 rings (SSSR count). The van der Waals surface area contributed by atoms with Crippen molar-refractivity contribution in [2.24, 2.45) is 4.99 Å². The second-order valence-corrected chi connectivity index (χ2v) is 6.98. The Hall–Kier alpha value is -1.59. The molecule has 0 saturated carbocycles. The quantitative estimate of drug-likeness (QED) is 0.386. The second-order valence-electron chi connectivity index (χ2n) is 6.98. The highest BCUT2D eigenvalue weighted by atomic mass is 16.5. The van der Waals surface area contributed by atoms with Gasteiger partial charge in [-0.2, -0.15) is 0 Å². The van der Waals surface area contributed by atoms with Gasteiger partial charge >= 0.3 is 0 Å². The third-order valence-electron chi connectivity index (χ3n) is 3.56. The van der Waals surface area contributed by atoms with Gasteiger partial charge in [-0.15, -0.1) is 0 Å². The number of aliphatic imine (C=N–C) groups is 1. The third-order valence-corrected chi connectivity index (χ3v) is 3.56. The Morgan fingerprint density at radius 1 is 1.12 bits per heavy atom. The first kappa shape index (κ1) is 21.5. The van der Waals surface area contributed by atoms with Crippen LogP contribution in [-0.2, 0) is 22.6 Å². The fraction of sp³-hybridized carbons (Fsp3) is 0.650. The highest BCUT2D eigenvalue weighted by Gasteiger charge is 2.10. The molecule has 1 aromatic rings. The van der Waals surface area contributed by atoms with Gasteiger partial charge in [0.2, 0.25) is 0 Å². The predicted molar refractivity (Wildman–Crippen MR) is 105 cm³/mol. The smallest absolute Gasteiger partial charge is 0.191 e. The Labute approximate surface area is 153 Å². The number of benzene rings is 1. The zero-order chi connectivity index (χ0) is 18.5. The second kappa shape index (κ2) is 11.9. The van der Waals surface area contributed by atoms with E-state index >= 15 is 0 Å². The van der Waals surface area contributed by atoms with Crippen molar-refractivity contribution in [1.29, 1.82) is 0 Å². The van der Waals surface area contributed by atoms with Gasteiger partial charge in [0.15, 0.2) is 5.96 Å². The zero-order valence-electron chi connectivity index (χ0n) is 16.5. The van der Waals surface area contributed by atoms with Crippen molar-refractivity contribution in [3.8, 4) is 0 Å². The maximum absolute atomic E-state index is 5.84. The Morgan fingerprint density at radius 3 is 2.56 bits per heavy atom. The monoisotopic (exact) mass is 349 g/mol. The highest BCUT2D eigenvalue weighted by Crippen LogP contribution is 2.13. The Kier molecular flexibility index (Phi) is 10.2. The van der Waals surface area contributed by atoms with Crippen LogP contribution in [0.4, 0.5) is 0 Å². The molecule has 5 heteroatoms. The molecule has 25 heavy (non-hydrogen) atoms. The SMILES string of the molecule is CCOCCCCNC(=NC)NCc1cccc(COC(C)(C)C)c1. The molecule has 0 aliphatic carbocycles. The van der Waals surface area contributed by atoms with Crippen LogP contribution in [0, 0.1) is 0 Å².